The van der Waals surface area contributed by atoms with Crippen molar-refractivity contribution in [3.05, 3.63) is 41.8 Å². The van der Waals surface area contributed by atoms with Crippen LogP contribution in [0.15, 0.2) is 30.3 Å². The SMILES string of the molecule is CNCCCc1cc(-c2cccc(F)c2)n[nH]1.Cl.Cl. The van der Waals surface area contributed by atoms with E-state index in [4.69, 9.17) is 0 Å². The molecule has 0 aliphatic rings. The number of nitrogens with one attached hydrogen (secondary N) is 2. The van der Waals surface area contributed by atoms with Gasteiger partial charge in [-0.3, -0.25) is 5.10 Å². The number of hydrogen-bond acceptors (Lipinski definition) is 2. The Hall–Kier alpha value is -1.10. The maximum absolute atomic E-state index is 13.1. The molecule has 6 heteroatoms. The van der Waals surface area contributed by atoms with Gasteiger partial charge in [-0.25, -0.2) is 4.39 Å². The minimum absolute atomic E-state index is 0. The third kappa shape index (κ3) is 5.19. The quantitative estimate of drug-likeness (QED) is 0.833. The number of H-pyrrole nitrogens is 1. The van der Waals surface area contributed by atoms with Crippen molar-refractivity contribution in [2.45, 2.75) is 12.8 Å². The highest BCUT2D eigenvalue weighted by Crippen LogP contribution is 2.18. The zero-order chi connectivity index (χ0) is 12.1. The average Bonchev–Trinajstić information content (AvgIpc) is 2.78. The van der Waals surface area contributed by atoms with Gasteiger partial charge in [-0.15, -0.1) is 24.8 Å². The molecule has 0 spiro atoms. The number of aromatic nitrogens is 2. The lowest BCUT2D eigenvalue weighted by Crippen LogP contribution is -2.08. The normalized spacial score (nSPS) is 9.58. The van der Waals surface area contributed by atoms with Crippen LogP contribution in [0.3, 0.4) is 0 Å². The Balaban J connectivity index is 0.00000162. The largest absolute Gasteiger partial charge is 0.320 e. The Morgan fingerprint density at radius 3 is 2.74 bits per heavy atom. The lowest BCUT2D eigenvalue weighted by Gasteiger charge is -1.96. The smallest absolute Gasteiger partial charge is 0.123 e. The average molecular weight is 306 g/mol. The summed E-state index contributed by atoms with van der Waals surface area (Å²) in [5, 5.41) is 10.3. The van der Waals surface area contributed by atoms with Crippen molar-refractivity contribution >= 4 is 24.8 Å². The van der Waals surface area contributed by atoms with E-state index in [1.807, 2.05) is 19.2 Å². The van der Waals surface area contributed by atoms with Crippen LogP contribution >= 0.6 is 24.8 Å². The van der Waals surface area contributed by atoms with Crippen molar-refractivity contribution in [1.29, 1.82) is 0 Å². The number of rotatable bonds is 5. The fourth-order valence-electron chi connectivity index (χ4n) is 1.74. The van der Waals surface area contributed by atoms with E-state index in [9.17, 15) is 4.39 Å². The van der Waals surface area contributed by atoms with Gasteiger partial charge in [-0.2, -0.15) is 5.10 Å². The van der Waals surface area contributed by atoms with Crippen molar-refractivity contribution in [1.82, 2.24) is 15.5 Å². The predicted molar refractivity (Wildman–Crippen MR) is 80.7 cm³/mol. The first kappa shape index (κ1) is 17.9. The Morgan fingerprint density at radius 2 is 2.05 bits per heavy atom. The zero-order valence-corrected chi connectivity index (χ0v) is 12.3. The molecule has 0 amide bonds. The third-order valence-electron chi connectivity index (χ3n) is 2.62. The maximum Gasteiger partial charge on any atom is 0.123 e. The van der Waals surface area contributed by atoms with Crippen LogP contribution in [0.4, 0.5) is 4.39 Å². The molecule has 0 aliphatic carbocycles. The number of aryl methyl sites for hydroxylation is 1. The number of hydrogen-bond donors (Lipinski definition) is 2. The first-order chi connectivity index (χ1) is 8.29. The summed E-state index contributed by atoms with van der Waals surface area (Å²) in [6.07, 6.45) is 2.00. The number of halogens is 3. The minimum Gasteiger partial charge on any atom is -0.320 e. The second kappa shape index (κ2) is 8.91. The highest BCUT2D eigenvalue weighted by molar-refractivity contribution is 5.85. The molecule has 1 aromatic heterocycles. The van der Waals surface area contributed by atoms with Crippen LogP contribution in [0, 0.1) is 5.82 Å². The van der Waals surface area contributed by atoms with Crippen molar-refractivity contribution in [2.24, 2.45) is 0 Å². The first-order valence-electron chi connectivity index (χ1n) is 5.74. The molecule has 0 unspecified atom stereocenters. The van der Waals surface area contributed by atoms with E-state index >= 15 is 0 Å². The highest BCUT2D eigenvalue weighted by Gasteiger charge is 2.04. The van der Waals surface area contributed by atoms with E-state index in [1.54, 1.807) is 6.07 Å². The van der Waals surface area contributed by atoms with Crippen molar-refractivity contribution in [3.63, 3.8) is 0 Å². The van der Waals surface area contributed by atoms with E-state index in [1.165, 1.54) is 12.1 Å². The van der Waals surface area contributed by atoms with Crippen LogP contribution in [-0.4, -0.2) is 23.8 Å². The molecular weight excluding hydrogens is 288 g/mol. The van der Waals surface area contributed by atoms with Gasteiger partial charge in [0.05, 0.1) is 5.69 Å². The van der Waals surface area contributed by atoms with Gasteiger partial charge in [0.15, 0.2) is 0 Å². The molecule has 2 N–H and O–H groups in total. The number of aromatic amines is 1. The fraction of sp³-hybridized carbons (Fsp3) is 0.308. The van der Waals surface area contributed by atoms with E-state index in [2.05, 4.69) is 15.5 Å². The summed E-state index contributed by atoms with van der Waals surface area (Å²) in [6, 6.07) is 8.46. The molecule has 1 heterocycles. The van der Waals surface area contributed by atoms with E-state index in [0.29, 0.717) is 0 Å². The van der Waals surface area contributed by atoms with Gasteiger partial charge in [0.2, 0.25) is 0 Å². The summed E-state index contributed by atoms with van der Waals surface area (Å²) >= 11 is 0. The Labute approximate surface area is 124 Å². The van der Waals surface area contributed by atoms with Gasteiger partial charge < -0.3 is 5.32 Å². The molecule has 2 rings (SSSR count). The summed E-state index contributed by atoms with van der Waals surface area (Å²) in [6.45, 7) is 0.980. The molecule has 1 aromatic carbocycles. The number of benzene rings is 1. The first-order valence-corrected chi connectivity index (χ1v) is 5.74. The molecule has 0 aliphatic heterocycles. The van der Waals surface area contributed by atoms with Gasteiger partial charge in [-0.05, 0) is 44.6 Å². The molecule has 2 aromatic rings. The van der Waals surface area contributed by atoms with Gasteiger partial charge in [0, 0.05) is 11.3 Å². The summed E-state index contributed by atoms with van der Waals surface area (Å²) in [7, 11) is 1.94. The van der Waals surface area contributed by atoms with Crippen molar-refractivity contribution in [3.8, 4) is 11.3 Å². The lowest BCUT2D eigenvalue weighted by molar-refractivity contribution is 0.628. The summed E-state index contributed by atoms with van der Waals surface area (Å²) in [4.78, 5) is 0. The molecule has 0 bridgehead atoms. The molecule has 0 radical (unpaired) electrons. The van der Waals surface area contributed by atoms with E-state index < -0.39 is 0 Å². The van der Waals surface area contributed by atoms with Crippen LogP contribution < -0.4 is 5.32 Å². The molecule has 0 saturated heterocycles. The minimum atomic E-state index is -0.234. The van der Waals surface area contributed by atoms with Crippen LogP contribution in [0.25, 0.3) is 11.3 Å². The monoisotopic (exact) mass is 305 g/mol. The van der Waals surface area contributed by atoms with Gasteiger partial charge in [0.25, 0.3) is 0 Å². The van der Waals surface area contributed by atoms with Gasteiger partial charge in [-0.1, -0.05) is 12.1 Å². The topological polar surface area (TPSA) is 40.7 Å². The zero-order valence-electron chi connectivity index (χ0n) is 10.6. The fourth-order valence-corrected chi connectivity index (χ4v) is 1.74. The number of nitrogens with zero attached hydrogens (tertiary/aromatic N) is 1. The molecule has 19 heavy (non-hydrogen) atoms. The van der Waals surface area contributed by atoms with E-state index in [-0.39, 0.29) is 30.6 Å². The van der Waals surface area contributed by atoms with Crippen LogP contribution in [0.1, 0.15) is 12.1 Å². The van der Waals surface area contributed by atoms with Crippen molar-refractivity contribution in [2.75, 3.05) is 13.6 Å². The maximum atomic E-state index is 13.1. The van der Waals surface area contributed by atoms with Crippen LogP contribution in [-0.2, 0) is 6.42 Å². The molecule has 106 valence electrons. The van der Waals surface area contributed by atoms with Crippen LogP contribution in [0.5, 0.6) is 0 Å². The van der Waals surface area contributed by atoms with Gasteiger partial charge in [0.1, 0.15) is 5.82 Å². The van der Waals surface area contributed by atoms with Gasteiger partial charge >= 0.3 is 0 Å². The summed E-state index contributed by atoms with van der Waals surface area (Å²) in [5.41, 5.74) is 2.68. The second-order valence-corrected chi connectivity index (χ2v) is 4.00. The molecule has 0 fully saturated rings. The third-order valence-corrected chi connectivity index (χ3v) is 2.62. The van der Waals surface area contributed by atoms with Crippen molar-refractivity contribution < 1.29 is 4.39 Å². The lowest BCUT2D eigenvalue weighted by atomic mass is 10.1. The molecule has 0 saturated carbocycles. The summed E-state index contributed by atoms with van der Waals surface area (Å²) < 4.78 is 13.1. The Bertz CT molecular complexity index is 488. The Kier molecular flexibility index (Phi) is 8.39. The van der Waals surface area contributed by atoms with E-state index in [0.717, 1.165) is 36.3 Å². The highest BCUT2D eigenvalue weighted by atomic mass is 35.5. The van der Waals surface area contributed by atoms with Crippen LogP contribution in [0.2, 0.25) is 0 Å². The summed E-state index contributed by atoms with van der Waals surface area (Å²) in [5.74, 6) is -0.234. The Morgan fingerprint density at radius 1 is 1.26 bits per heavy atom. The predicted octanol–water partition coefficient (Wildman–Crippen LogP) is 3.21. The molecular formula is C13H18Cl2FN3. The molecule has 3 nitrogen and oxygen atoms in total. The second-order valence-electron chi connectivity index (χ2n) is 4.00. The standard InChI is InChI=1S/C13H16FN3.2ClH/c1-15-7-3-6-12-9-13(17-16-12)10-4-2-5-11(14)8-10;;/h2,4-5,8-9,15H,3,6-7H2,1H3,(H,16,17);2*1H. The molecule has 0 atom stereocenters.